The fourth-order valence-corrected chi connectivity index (χ4v) is 3.35. The van der Waals surface area contributed by atoms with Crippen LogP contribution in [0.15, 0.2) is 94.2 Å². The first-order valence-electron chi connectivity index (χ1n) is 8.60. The van der Waals surface area contributed by atoms with Gasteiger partial charge in [0, 0.05) is 11.6 Å². The van der Waals surface area contributed by atoms with Gasteiger partial charge < -0.3 is 0 Å². The topological polar surface area (TPSA) is 105 Å². The van der Waals surface area contributed by atoms with Crippen LogP contribution in [0.3, 0.4) is 0 Å². The van der Waals surface area contributed by atoms with Crippen LogP contribution in [-0.4, -0.2) is 15.7 Å². The van der Waals surface area contributed by atoms with Crippen LogP contribution in [0.5, 0.6) is 0 Å². The second-order valence-corrected chi connectivity index (χ2v) is 6.86. The van der Waals surface area contributed by atoms with E-state index in [9.17, 15) is 10.1 Å². The smallest absolute Gasteiger partial charge is 0.269 e. The molecule has 0 spiro atoms. The van der Waals surface area contributed by atoms with Crippen LogP contribution in [0.4, 0.5) is 16.5 Å². The molecule has 0 aliphatic heterocycles. The molecule has 4 rings (SSSR count). The summed E-state index contributed by atoms with van der Waals surface area (Å²) in [6, 6.07) is 23.2. The second-order valence-electron chi connectivity index (χ2n) is 5.85. The Hall–Kier alpha value is -3.98. The number of aromatic nitrogens is 1. The fraction of sp³-hybridized carbons (Fsp3) is 0. The standard InChI is InChI=1S/C20H14N6O2S/c27-26(28)17-12-6-4-10-15(17)22-23-19(14-8-2-1-3-9-14)24-25-20-21-16-11-5-7-13-18(16)29-20/h1-13,22H/b23-19+,25-24?. The second kappa shape index (κ2) is 8.36. The molecule has 1 heterocycles. The highest BCUT2D eigenvalue weighted by molar-refractivity contribution is 7.21. The van der Waals surface area contributed by atoms with E-state index in [1.54, 1.807) is 18.2 Å². The number of nitro benzene ring substituents is 1. The first-order chi connectivity index (χ1) is 14.2. The fourth-order valence-electron chi connectivity index (χ4n) is 2.57. The van der Waals surface area contributed by atoms with Gasteiger partial charge in [0.25, 0.3) is 5.69 Å². The highest BCUT2D eigenvalue weighted by Gasteiger charge is 2.12. The van der Waals surface area contributed by atoms with Crippen molar-refractivity contribution in [2.75, 3.05) is 5.43 Å². The van der Waals surface area contributed by atoms with Crippen LogP contribution in [-0.2, 0) is 0 Å². The van der Waals surface area contributed by atoms with Gasteiger partial charge in [0.15, 0.2) is 0 Å². The highest BCUT2D eigenvalue weighted by atomic mass is 32.1. The number of nitro groups is 1. The van der Waals surface area contributed by atoms with Gasteiger partial charge in [-0.05, 0) is 18.2 Å². The van der Waals surface area contributed by atoms with E-state index in [4.69, 9.17) is 0 Å². The molecule has 0 aliphatic carbocycles. The maximum atomic E-state index is 11.2. The van der Waals surface area contributed by atoms with E-state index in [0.29, 0.717) is 10.7 Å². The monoisotopic (exact) mass is 402 g/mol. The largest absolute Gasteiger partial charge is 0.294 e. The summed E-state index contributed by atoms with van der Waals surface area (Å²) in [5.74, 6) is 0.281. The Morgan fingerprint density at radius 1 is 0.966 bits per heavy atom. The molecule has 0 unspecified atom stereocenters. The molecule has 0 atom stereocenters. The summed E-state index contributed by atoms with van der Waals surface area (Å²) >= 11 is 1.42. The zero-order valence-electron chi connectivity index (χ0n) is 15.0. The average Bonchev–Trinajstić information content (AvgIpc) is 3.17. The quantitative estimate of drug-likeness (QED) is 0.150. The molecule has 0 aliphatic rings. The first-order valence-corrected chi connectivity index (χ1v) is 9.42. The molecule has 0 amide bonds. The third-order valence-electron chi connectivity index (χ3n) is 3.93. The number of azo groups is 1. The number of amidine groups is 1. The lowest BCUT2D eigenvalue weighted by atomic mass is 10.2. The number of hydrogen-bond acceptors (Lipinski definition) is 7. The number of hydrogen-bond donors (Lipinski definition) is 1. The molecule has 0 fully saturated rings. The zero-order valence-corrected chi connectivity index (χ0v) is 15.8. The van der Waals surface area contributed by atoms with Crippen LogP contribution >= 0.6 is 11.3 Å². The van der Waals surface area contributed by atoms with E-state index >= 15 is 0 Å². The molecule has 3 aromatic carbocycles. The van der Waals surface area contributed by atoms with E-state index in [-0.39, 0.29) is 17.2 Å². The number of rotatable bonds is 5. The van der Waals surface area contributed by atoms with Crippen molar-refractivity contribution in [2.24, 2.45) is 15.3 Å². The Balaban J connectivity index is 1.67. The summed E-state index contributed by atoms with van der Waals surface area (Å²) in [6.07, 6.45) is 0. The van der Waals surface area contributed by atoms with Gasteiger partial charge >= 0.3 is 0 Å². The normalized spacial score (nSPS) is 11.8. The number of nitrogens with zero attached hydrogens (tertiary/aromatic N) is 5. The lowest BCUT2D eigenvalue weighted by Gasteiger charge is -2.03. The predicted octanol–water partition coefficient (Wildman–Crippen LogP) is 5.76. The first kappa shape index (κ1) is 18.4. The molecule has 0 saturated carbocycles. The van der Waals surface area contributed by atoms with Crippen molar-refractivity contribution in [1.29, 1.82) is 0 Å². The SMILES string of the molecule is O=[N+]([O-])c1ccccc1N/N=C(/N=Nc1nc2ccccc2s1)c1ccccc1. The maximum absolute atomic E-state index is 11.2. The van der Waals surface area contributed by atoms with Gasteiger partial charge in [-0.25, -0.2) is 4.98 Å². The highest BCUT2D eigenvalue weighted by Crippen LogP contribution is 2.28. The number of fused-ring (bicyclic) bond motifs is 1. The number of para-hydroxylation sites is 3. The van der Waals surface area contributed by atoms with E-state index in [0.717, 1.165) is 10.2 Å². The van der Waals surface area contributed by atoms with Gasteiger partial charge in [-0.3, -0.25) is 15.5 Å². The van der Waals surface area contributed by atoms with Crippen molar-refractivity contribution in [3.63, 3.8) is 0 Å². The van der Waals surface area contributed by atoms with Crippen molar-refractivity contribution in [3.05, 3.63) is 94.5 Å². The third-order valence-corrected chi connectivity index (χ3v) is 4.85. The Morgan fingerprint density at radius 2 is 1.69 bits per heavy atom. The van der Waals surface area contributed by atoms with Gasteiger partial charge in [-0.2, -0.15) is 5.10 Å². The maximum Gasteiger partial charge on any atom is 0.294 e. The third kappa shape index (κ3) is 4.30. The molecule has 8 nitrogen and oxygen atoms in total. The van der Waals surface area contributed by atoms with E-state index in [1.807, 2.05) is 54.6 Å². The van der Waals surface area contributed by atoms with Crippen LogP contribution in [0, 0.1) is 10.1 Å². The van der Waals surface area contributed by atoms with E-state index in [1.165, 1.54) is 17.4 Å². The van der Waals surface area contributed by atoms with Crippen molar-refractivity contribution in [2.45, 2.75) is 0 Å². The number of anilines is 1. The predicted molar refractivity (Wildman–Crippen MR) is 114 cm³/mol. The summed E-state index contributed by atoms with van der Waals surface area (Å²) in [5, 5.41) is 24.4. The number of nitrogens with one attached hydrogen (secondary N) is 1. The van der Waals surface area contributed by atoms with Crippen LogP contribution in [0.25, 0.3) is 10.2 Å². The summed E-state index contributed by atoms with van der Waals surface area (Å²) in [5.41, 5.74) is 4.48. The van der Waals surface area contributed by atoms with Crippen molar-refractivity contribution in [1.82, 2.24) is 4.98 Å². The van der Waals surface area contributed by atoms with Crippen LogP contribution in [0.2, 0.25) is 0 Å². The summed E-state index contributed by atoms with van der Waals surface area (Å²) in [4.78, 5) is 15.2. The molecule has 29 heavy (non-hydrogen) atoms. The lowest BCUT2D eigenvalue weighted by molar-refractivity contribution is -0.384. The molecular weight excluding hydrogens is 388 g/mol. The molecule has 9 heteroatoms. The Bertz CT molecular complexity index is 1190. The van der Waals surface area contributed by atoms with Gasteiger partial charge in [0.05, 0.1) is 15.1 Å². The van der Waals surface area contributed by atoms with Gasteiger partial charge in [-0.15, -0.1) is 10.2 Å². The van der Waals surface area contributed by atoms with Crippen molar-refractivity contribution in [3.8, 4) is 0 Å². The minimum absolute atomic E-state index is 0.0771. The molecule has 0 saturated heterocycles. The average molecular weight is 402 g/mol. The minimum atomic E-state index is -0.470. The summed E-state index contributed by atoms with van der Waals surface area (Å²) < 4.78 is 1.01. The summed E-state index contributed by atoms with van der Waals surface area (Å²) in [7, 11) is 0. The van der Waals surface area contributed by atoms with E-state index < -0.39 is 4.92 Å². The molecule has 1 N–H and O–H groups in total. The number of thiazole rings is 1. The van der Waals surface area contributed by atoms with Crippen molar-refractivity contribution < 1.29 is 4.92 Å². The Labute approximate surface area is 169 Å². The van der Waals surface area contributed by atoms with E-state index in [2.05, 4.69) is 25.7 Å². The van der Waals surface area contributed by atoms with Crippen LogP contribution < -0.4 is 5.43 Å². The molecular formula is C20H14N6O2S. The van der Waals surface area contributed by atoms with Gasteiger partial charge in [-0.1, -0.05) is 65.9 Å². The molecule has 0 bridgehead atoms. The Morgan fingerprint density at radius 3 is 2.48 bits per heavy atom. The van der Waals surface area contributed by atoms with Gasteiger partial charge in [0.1, 0.15) is 5.69 Å². The zero-order chi connectivity index (χ0) is 20.1. The molecule has 1 aromatic heterocycles. The minimum Gasteiger partial charge on any atom is -0.269 e. The van der Waals surface area contributed by atoms with Gasteiger partial charge in [0.2, 0.25) is 11.0 Å². The molecule has 0 radical (unpaired) electrons. The molecule has 142 valence electrons. The Kier molecular flexibility index (Phi) is 5.30. The van der Waals surface area contributed by atoms with Crippen LogP contribution in [0.1, 0.15) is 5.56 Å². The molecule has 4 aromatic rings. The number of hydrazone groups is 1. The lowest BCUT2D eigenvalue weighted by Crippen LogP contribution is -2.02. The summed E-state index contributed by atoms with van der Waals surface area (Å²) in [6.45, 7) is 0. The number of benzene rings is 3. The van der Waals surface area contributed by atoms with Crippen molar-refractivity contribution >= 4 is 43.9 Å².